The van der Waals surface area contributed by atoms with Gasteiger partial charge in [0.2, 0.25) is 0 Å². The molecule has 0 aliphatic heterocycles. The molecule has 0 saturated heterocycles. The fraction of sp³-hybridized carbons (Fsp3) is 0.235. The zero-order chi connectivity index (χ0) is 16.3. The maximum atomic E-state index is 12.2. The Labute approximate surface area is 129 Å². The average Bonchev–Trinajstić information content (AvgIpc) is 2.46. The first-order valence-electron chi connectivity index (χ1n) is 7.05. The van der Waals surface area contributed by atoms with Crippen LogP contribution in [-0.2, 0) is 0 Å². The molecule has 5 nitrogen and oxygen atoms in total. The predicted octanol–water partition coefficient (Wildman–Crippen LogP) is 4.28. The molecule has 0 unspecified atom stereocenters. The zero-order valence-corrected chi connectivity index (χ0v) is 12.8. The molecule has 0 aliphatic carbocycles. The molecule has 0 aromatic heterocycles. The summed E-state index contributed by atoms with van der Waals surface area (Å²) in [6.45, 7) is 5.79. The summed E-state index contributed by atoms with van der Waals surface area (Å²) in [6.07, 6.45) is 0. The van der Waals surface area contributed by atoms with E-state index in [9.17, 15) is 14.9 Å². The van der Waals surface area contributed by atoms with Crippen LogP contribution < -0.4 is 5.32 Å². The highest BCUT2D eigenvalue weighted by atomic mass is 16.6. The number of benzene rings is 2. The molecule has 0 fully saturated rings. The quantitative estimate of drug-likeness (QED) is 0.676. The smallest absolute Gasteiger partial charge is 0.272 e. The number of nitro benzene ring substituents is 1. The maximum absolute atomic E-state index is 12.2. The zero-order valence-electron chi connectivity index (χ0n) is 12.8. The highest BCUT2D eigenvalue weighted by molar-refractivity contribution is 6.04. The molecule has 0 atom stereocenters. The van der Waals surface area contributed by atoms with E-state index >= 15 is 0 Å². The van der Waals surface area contributed by atoms with Crippen molar-refractivity contribution < 1.29 is 9.72 Å². The number of carbonyl (C=O) groups excluding carboxylic acids is 1. The van der Waals surface area contributed by atoms with E-state index in [1.54, 1.807) is 6.92 Å². The Kier molecular flexibility index (Phi) is 4.56. The molecule has 0 aliphatic rings. The number of carbonyl (C=O) groups is 1. The molecule has 0 saturated carbocycles. The number of anilines is 1. The van der Waals surface area contributed by atoms with Crippen LogP contribution in [0, 0.1) is 17.0 Å². The summed E-state index contributed by atoms with van der Waals surface area (Å²) in [6, 6.07) is 12.0. The minimum atomic E-state index is -0.455. The van der Waals surface area contributed by atoms with Gasteiger partial charge in [0.05, 0.1) is 4.92 Å². The van der Waals surface area contributed by atoms with E-state index in [0.717, 1.165) is 5.56 Å². The monoisotopic (exact) mass is 298 g/mol. The maximum Gasteiger partial charge on any atom is 0.272 e. The summed E-state index contributed by atoms with van der Waals surface area (Å²) >= 11 is 0. The fourth-order valence-corrected chi connectivity index (χ4v) is 2.18. The third kappa shape index (κ3) is 3.49. The van der Waals surface area contributed by atoms with Crippen molar-refractivity contribution in [2.24, 2.45) is 0 Å². The Hall–Kier alpha value is -2.69. The van der Waals surface area contributed by atoms with Gasteiger partial charge >= 0.3 is 0 Å². The Bertz CT molecular complexity index is 724. The van der Waals surface area contributed by atoms with Gasteiger partial charge in [0.25, 0.3) is 11.6 Å². The van der Waals surface area contributed by atoms with Crippen LogP contribution in [0.5, 0.6) is 0 Å². The number of nitrogens with zero attached hydrogens (tertiary/aromatic N) is 1. The van der Waals surface area contributed by atoms with Crippen LogP contribution in [0.1, 0.15) is 41.3 Å². The number of hydrogen-bond donors (Lipinski definition) is 1. The van der Waals surface area contributed by atoms with Crippen LogP contribution in [0.2, 0.25) is 0 Å². The molecule has 0 radical (unpaired) electrons. The molecule has 5 heteroatoms. The molecular weight excluding hydrogens is 280 g/mol. The Morgan fingerprint density at radius 1 is 1.18 bits per heavy atom. The fourth-order valence-electron chi connectivity index (χ4n) is 2.18. The van der Waals surface area contributed by atoms with Gasteiger partial charge in [-0.15, -0.1) is 0 Å². The van der Waals surface area contributed by atoms with Gasteiger partial charge in [-0.05, 0) is 42.7 Å². The van der Waals surface area contributed by atoms with E-state index in [1.165, 1.54) is 18.2 Å². The lowest BCUT2D eigenvalue weighted by Crippen LogP contribution is -2.12. The van der Waals surface area contributed by atoms with E-state index in [1.807, 2.05) is 24.3 Å². The first-order valence-corrected chi connectivity index (χ1v) is 7.05. The number of nitro groups is 1. The molecule has 1 amide bonds. The number of rotatable bonds is 4. The SMILES string of the molecule is Cc1cc(C(=O)Nc2cccc(C(C)C)c2)ccc1[N+](=O)[O-]. The summed E-state index contributed by atoms with van der Waals surface area (Å²) in [5.74, 6) is 0.0948. The Morgan fingerprint density at radius 2 is 1.91 bits per heavy atom. The minimum Gasteiger partial charge on any atom is -0.322 e. The van der Waals surface area contributed by atoms with Crippen LogP contribution >= 0.6 is 0 Å². The van der Waals surface area contributed by atoms with Crippen molar-refractivity contribution in [1.82, 2.24) is 0 Å². The number of nitrogens with one attached hydrogen (secondary N) is 1. The normalized spacial score (nSPS) is 10.5. The van der Waals surface area contributed by atoms with Gasteiger partial charge in [-0.2, -0.15) is 0 Å². The molecule has 0 spiro atoms. The minimum absolute atomic E-state index is 0.0124. The van der Waals surface area contributed by atoms with E-state index in [0.29, 0.717) is 22.7 Å². The lowest BCUT2D eigenvalue weighted by molar-refractivity contribution is -0.385. The van der Waals surface area contributed by atoms with Crippen LogP contribution in [0.3, 0.4) is 0 Å². The second kappa shape index (κ2) is 6.39. The second-order valence-electron chi connectivity index (χ2n) is 5.49. The lowest BCUT2D eigenvalue weighted by atomic mass is 10.0. The van der Waals surface area contributed by atoms with Gasteiger partial charge in [0, 0.05) is 22.9 Å². The topological polar surface area (TPSA) is 72.2 Å². The van der Waals surface area contributed by atoms with Crippen molar-refractivity contribution in [3.05, 3.63) is 69.3 Å². The molecule has 0 heterocycles. The standard InChI is InChI=1S/C17H18N2O3/c1-11(2)13-5-4-6-15(10-13)18-17(20)14-7-8-16(19(21)22)12(3)9-14/h4-11H,1-3H3,(H,18,20). The van der Waals surface area contributed by atoms with E-state index < -0.39 is 4.92 Å². The van der Waals surface area contributed by atoms with E-state index in [4.69, 9.17) is 0 Å². The highest BCUT2D eigenvalue weighted by Crippen LogP contribution is 2.21. The number of hydrogen-bond acceptors (Lipinski definition) is 3. The van der Waals surface area contributed by atoms with Gasteiger partial charge in [-0.3, -0.25) is 14.9 Å². The van der Waals surface area contributed by atoms with Crippen molar-refractivity contribution in [3.8, 4) is 0 Å². The van der Waals surface area contributed by atoms with Gasteiger partial charge < -0.3 is 5.32 Å². The molecule has 114 valence electrons. The van der Waals surface area contributed by atoms with E-state index in [-0.39, 0.29) is 11.6 Å². The Balaban J connectivity index is 2.21. The van der Waals surface area contributed by atoms with Crippen molar-refractivity contribution in [2.75, 3.05) is 5.32 Å². The number of amides is 1. The lowest BCUT2D eigenvalue weighted by Gasteiger charge is -2.10. The Morgan fingerprint density at radius 3 is 2.50 bits per heavy atom. The summed E-state index contributed by atoms with van der Waals surface area (Å²) in [4.78, 5) is 22.6. The van der Waals surface area contributed by atoms with Crippen LogP contribution in [0.25, 0.3) is 0 Å². The van der Waals surface area contributed by atoms with Crippen molar-refractivity contribution in [2.45, 2.75) is 26.7 Å². The summed E-state index contributed by atoms with van der Waals surface area (Å²) in [5.41, 5.74) is 2.73. The van der Waals surface area contributed by atoms with Gasteiger partial charge in [0.15, 0.2) is 0 Å². The van der Waals surface area contributed by atoms with Gasteiger partial charge in [-0.25, -0.2) is 0 Å². The predicted molar refractivity (Wildman–Crippen MR) is 86.3 cm³/mol. The summed E-state index contributed by atoms with van der Waals surface area (Å²) in [5, 5.41) is 13.6. The molecule has 2 rings (SSSR count). The summed E-state index contributed by atoms with van der Waals surface area (Å²) in [7, 11) is 0. The van der Waals surface area contributed by atoms with Crippen LogP contribution in [-0.4, -0.2) is 10.8 Å². The first kappa shape index (κ1) is 15.7. The molecule has 2 aromatic rings. The van der Waals surface area contributed by atoms with Crippen LogP contribution in [0.15, 0.2) is 42.5 Å². The number of aryl methyl sites for hydroxylation is 1. The largest absolute Gasteiger partial charge is 0.322 e. The molecule has 1 N–H and O–H groups in total. The average molecular weight is 298 g/mol. The molecule has 2 aromatic carbocycles. The summed E-state index contributed by atoms with van der Waals surface area (Å²) < 4.78 is 0. The van der Waals surface area contributed by atoms with Crippen molar-refractivity contribution >= 4 is 17.3 Å². The third-order valence-electron chi connectivity index (χ3n) is 3.47. The third-order valence-corrected chi connectivity index (χ3v) is 3.47. The second-order valence-corrected chi connectivity index (χ2v) is 5.49. The van der Waals surface area contributed by atoms with Crippen LogP contribution in [0.4, 0.5) is 11.4 Å². The molecule has 22 heavy (non-hydrogen) atoms. The van der Waals surface area contributed by atoms with E-state index in [2.05, 4.69) is 19.2 Å². The molecule has 0 bridgehead atoms. The van der Waals surface area contributed by atoms with Crippen molar-refractivity contribution in [1.29, 1.82) is 0 Å². The van der Waals surface area contributed by atoms with Gasteiger partial charge in [-0.1, -0.05) is 26.0 Å². The molecular formula is C17H18N2O3. The highest BCUT2D eigenvalue weighted by Gasteiger charge is 2.14. The van der Waals surface area contributed by atoms with Gasteiger partial charge in [0.1, 0.15) is 0 Å². The first-order chi connectivity index (χ1) is 10.4. The van der Waals surface area contributed by atoms with Crippen molar-refractivity contribution in [3.63, 3.8) is 0 Å².